The Balaban J connectivity index is 0.945. The van der Waals surface area contributed by atoms with Crippen molar-refractivity contribution in [3.8, 4) is 11.1 Å². The lowest BCUT2D eigenvalue weighted by Crippen LogP contribution is -2.32. The Kier molecular flexibility index (Phi) is 30.8. The molecule has 0 spiro atoms. The summed E-state index contributed by atoms with van der Waals surface area (Å²) in [5.41, 5.74) is 4.79. The minimum absolute atomic E-state index is 0.0363. The van der Waals surface area contributed by atoms with Crippen molar-refractivity contribution in [2.75, 3.05) is 192 Å². The monoisotopic (exact) mass is 839 g/mol. The van der Waals surface area contributed by atoms with Crippen LogP contribution in [0.5, 0.6) is 0 Å². The van der Waals surface area contributed by atoms with Gasteiger partial charge in [0.2, 0.25) is 0 Å². The minimum Gasteiger partial charge on any atom is -0.448 e. The van der Waals surface area contributed by atoms with Gasteiger partial charge >= 0.3 is 6.09 Å². The third-order valence-corrected chi connectivity index (χ3v) is 8.74. The maximum atomic E-state index is 12.6. The van der Waals surface area contributed by atoms with Gasteiger partial charge in [0.25, 0.3) is 0 Å². The van der Waals surface area contributed by atoms with Gasteiger partial charge in [-0.1, -0.05) is 48.5 Å². The van der Waals surface area contributed by atoms with E-state index in [0.717, 1.165) is 0 Å². The van der Waals surface area contributed by atoms with Gasteiger partial charge in [-0.05, 0) is 22.3 Å². The van der Waals surface area contributed by atoms with Crippen LogP contribution in [-0.2, 0) is 66.3 Å². The van der Waals surface area contributed by atoms with Crippen molar-refractivity contribution >= 4 is 6.09 Å². The second-order valence-corrected chi connectivity index (χ2v) is 13.1. The number of benzene rings is 2. The Bertz CT molecular complexity index is 1250. The van der Waals surface area contributed by atoms with Gasteiger partial charge in [0.05, 0.1) is 165 Å². The van der Waals surface area contributed by atoms with E-state index in [1.54, 1.807) is 14.2 Å². The van der Waals surface area contributed by atoms with Crippen LogP contribution < -0.4 is 0 Å². The SMILES string of the molecule is COCCOCCOCCOCCOCCOCCOCCOCCOCCOCCOCCOCCOCCN(C)C(=O)OCC1c2ccccc2-c2ccccc21. The molecule has 59 heavy (non-hydrogen) atoms. The molecule has 0 saturated heterocycles. The molecule has 1 aliphatic carbocycles. The molecule has 3 rings (SSSR count). The van der Waals surface area contributed by atoms with Crippen LogP contribution in [-0.4, -0.2) is 203 Å². The number of likely N-dealkylation sites (N-methyl/N-ethyl adjacent to an activating group) is 1. The average Bonchev–Trinajstić information content (AvgIpc) is 3.58. The number of nitrogens with zero attached hydrogens (tertiary/aromatic N) is 1. The fourth-order valence-electron chi connectivity index (χ4n) is 5.66. The van der Waals surface area contributed by atoms with Crippen LogP contribution in [0, 0.1) is 0 Å². The highest BCUT2D eigenvalue weighted by molar-refractivity contribution is 5.79. The van der Waals surface area contributed by atoms with Gasteiger partial charge in [0.15, 0.2) is 0 Å². The summed E-state index contributed by atoms with van der Waals surface area (Å²) in [5, 5.41) is 0. The first-order chi connectivity index (χ1) is 29.2. The summed E-state index contributed by atoms with van der Waals surface area (Å²) < 4.78 is 76.5. The van der Waals surface area contributed by atoms with Crippen LogP contribution in [0.25, 0.3) is 11.1 Å². The average molecular weight is 840 g/mol. The highest BCUT2D eigenvalue weighted by atomic mass is 16.6. The van der Waals surface area contributed by atoms with Crippen molar-refractivity contribution < 1.29 is 71.1 Å². The van der Waals surface area contributed by atoms with E-state index >= 15 is 0 Å². The molecule has 2 aromatic carbocycles. The summed E-state index contributed by atoms with van der Waals surface area (Å²) in [6.07, 6.45) is -0.366. The number of carbonyl (C=O) groups is 1. The van der Waals surface area contributed by atoms with Gasteiger partial charge in [0.1, 0.15) is 6.61 Å². The van der Waals surface area contributed by atoms with Crippen molar-refractivity contribution in [2.45, 2.75) is 5.92 Å². The first-order valence-corrected chi connectivity index (χ1v) is 20.7. The summed E-state index contributed by atoms with van der Waals surface area (Å²) in [5.74, 6) is 0.0363. The Morgan fingerprint density at radius 2 is 0.695 bits per heavy atom. The Hall–Kier alpha value is -2.81. The molecule has 16 heteroatoms. The van der Waals surface area contributed by atoms with Crippen LogP contribution >= 0.6 is 0 Å². The number of rotatable bonds is 41. The molecule has 0 heterocycles. The smallest absolute Gasteiger partial charge is 0.409 e. The number of carbonyl (C=O) groups excluding carboxylic acids is 1. The van der Waals surface area contributed by atoms with E-state index < -0.39 is 0 Å². The molecule has 0 unspecified atom stereocenters. The van der Waals surface area contributed by atoms with Crippen LogP contribution in [0.4, 0.5) is 4.79 Å². The van der Waals surface area contributed by atoms with E-state index in [1.807, 2.05) is 24.3 Å². The highest BCUT2D eigenvalue weighted by Gasteiger charge is 2.29. The Labute approximate surface area is 350 Å². The molecule has 0 saturated carbocycles. The van der Waals surface area contributed by atoms with Gasteiger partial charge in [-0.3, -0.25) is 0 Å². The van der Waals surface area contributed by atoms with E-state index in [1.165, 1.54) is 27.2 Å². The van der Waals surface area contributed by atoms with E-state index in [-0.39, 0.29) is 12.0 Å². The fraction of sp³-hybridized carbons (Fsp3) is 0.698. The summed E-state index contributed by atoms with van der Waals surface area (Å²) in [6, 6.07) is 16.6. The molecule has 16 nitrogen and oxygen atoms in total. The maximum absolute atomic E-state index is 12.6. The number of fused-ring (bicyclic) bond motifs is 3. The van der Waals surface area contributed by atoms with Gasteiger partial charge in [-0.25, -0.2) is 4.79 Å². The lowest BCUT2D eigenvalue weighted by molar-refractivity contribution is -0.0288. The predicted octanol–water partition coefficient (Wildman–Crippen LogP) is 3.71. The summed E-state index contributed by atoms with van der Waals surface area (Å²) >= 11 is 0. The number of hydrogen-bond donors (Lipinski definition) is 0. The lowest BCUT2D eigenvalue weighted by Gasteiger charge is -2.19. The zero-order valence-corrected chi connectivity index (χ0v) is 35.4. The van der Waals surface area contributed by atoms with Crippen molar-refractivity contribution in [3.63, 3.8) is 0 Å². The molecule has 0 fully saturated rings. The fourth-order valence-corrected chi connectivity index (χ4v) is 5.66. The van der Waals surface area contributed by atoms with E-state index in [4.69, 9.17) is 66.3 Å². The Morgan fingerprint density at radius 1 is 0.424 bits per heavy atom. The second-order valence-electron chi connectivity index (χ2n) is 13.1. The second kappa shape index (κ2) is 35.9. The molecule has 0 aromatic heterocycles. The number of hydrogen-bond acceptors (Lipinski definition) is 15. The number of ether oxygens (including phenoxy) is 14. The van der Waals surface area contributed by atoms with Crippen LogP contribution in [0.15, 0.2) is 48.5 Å². The molecule has 2 aromatic rings. The number of amides is 1. The predicted molar refractivity (Wildman–Crippen MR) is 219 cm³/mol. The van der Waals surface area contributed by atoms with Crippen molar-refractivity contribution in [1.29, 1.82) is 0 Å². The van der Waals surface area contributed by atoms with E-state index in [2.05, 4.69) is 24.3 Å². The van der Waals surface area contributed by atoms with Crippen LogP contribution in [0.2, 0.25) is 0 Å². The molecule has 1 aliphatic rings. The van der Waals surface area contributed by atoms with Crippen molar-refractivity contribution in [3.05, 3.63) is 59.7 Å². The van der Waals surface area contributed by atoms with E-state index in [0.29, 0.717) is 178 Å². The molecule has 0 atom stereocenters. The first kappa shape index (κ1) is 50.5. The summed E-state index contributed by atoms with van der Waals surface area (Å²) in [7, 11) is 3.36. The van der Waals surface area contributed by atoms with Crippen LogP contribution in [0.1, 0.15) is 17.0 Å². The molecule has 0 aliphatic heterocycles. The molecule has 336 valence electrons. The third kappa shape index (κ3) is 24.3. The quantitative estimate of drug-likeness (QED) is 0.0896. The van der Waals surface area contributed by atoms with E-state index in [9.17, 15) is 4.79 Å². The lowest BCUT2D eigenvalue weighted by atomic mass is 9.98. The first-order valence-electron chi connectivity index (χ1n) is 20.7. The maximum Gasteiger partial charge on any atom is 0.409 e. The topological polar surface area (TPSA) is 150 Å². The number of methoxy groups -OCH3 is 1. The minimum atomic E-state index is -0.366. The largest absolute Gasteiger partial charge is 0.448 e. The Morgan fingerprint density at radius 3 is 1.00 bits per heavy atom. The molecule has 1 amide bonds. The zero-order chi connectivity index (χ0) is 41.7. The zero-order valence-electron chi connectivity index (χ0n) is 35.4. The molecule has 0 radical (unpaired) electrons. The summed E-state index contributed by atoms with van der Waals surface area (Å²) in [6.45, 7) is 13.2. The van der Waals surface area contributed by atoms with Gasteiger partial charge in [-0.15, -0.1) is 0 Å². The normalized spacial score (nSPS) is 12.2. The molecule has 0 bridgehead atoms. The van der Waals surface area contributed by atoms with Gasteiger partial charge < -0.3 is 71.2 Å². The van der Waals surface area contributed by atoms with Gasteiger partial charge in [-0.2, -0.15) is 0 Å². The highest BCUT2D eigenvalue weighted by Crippen LogP contribution is 2.44. The van der Waals surface area contributed by atoms with Crippen molar-refractivity contribution in [2.24, 2.45) is 0 Å². The van der Waals surface area contributed by atoms with Crippen LogP contribution in [0.3, 0.4) is 0 Å². The van der Waals surface area contributed by atoms with Gasteiger partial charge in [0, 0.05) is 26.6 Å². The van der Waals surface area contributed by atoms with Crippen molar-refractivity contribution in [1.82, 2.24) is 4.90 Å². The third-order valence-electron chi connectivity index (χ3n) is 8.74. The molecular formula is C43H69NO15. The summed E-state index contributed by atoms with van der Waals surface area (Å²) in [4.78, 5) is 14.2. The molecular weight excluding hydrogens is 770 g/mol. The standard InChI is InChI=1S/C43H69NO15/c1-44(43(45)59-37-42-40-9-5-3-7-38(40)39-8-4-6-10-41(39)42)11-12-47-15-16-49-19-20-51-23-24-53-27-28-55-31-32-57-35-36-58-34-33-56-30-29-54-26-25-52-22-21-50-18-17-48-14-13-46-2/h3-10,42H,11-37H2,1-2H3. The molecule has 0 N–H and O–H groups in total.